The van der Waals surface area contributed by atoms with Crippen molar-refractivity contribution in [1.82, 2.24) is 9.80 Å². The van der Waals surface area contributed by atoms with Crippen LogP contribution in [0.1, 0.15) is 32.6 Å². The summed E-state index contributed by atoms with van der Waals surface area (Å²) in [5.74, 6) is 0.242. The highest BCUT2D eigenvalue weighted by molar-refractivity contribution is 9.10. The molecule has 0 N–H and O–H groups in total. The summed E-state index contributed by atoms with van der Waals surface area (Å²) in [4.78, 5) is 16.3. The van der Waals surface area contributed by atoms with Gasteiger partial charge >= 0.3 is 0 Å². The molecule has 16 heavy (non-hydrogen) atoms. The molecule has 0 aromatic carbocycles. The van der Waals surface area contributed by atoms with Gasteiger partial charge in [-0.2, -0.15) is 0 Å². The first-order chi connectivity index (χ1) is 7.68. The van der Waals surface area contributed by atoms with Gasteiger partial charge in [-0.1, -0.05) is 28.8 Å². The monoisotopic (exact) mass is 288 g/mol. The Morgan fingerprint density at radius 3 is 2.25 bits per heavy atom. The van der Waals surface area contributed by atoms with E-state index in [9.17, 15) is 4.79 Å². The summed E-state index contributed by atoms with van der Waals surface area (Å²) in [5, 5.41) is 0. The van der Waals surface area contributed by atoms with E-state index >= 15 is 0 Å². The molecule has 2 rings (SSSR count). The Hall–Kier alpha value is -0.0900. The standard InChI is InChI=1S/C12H21BrN2O/c1-10(13)12(16)15-8-6-14(7-9-15)11-4-2-3-5-11/h10-11H,2-9H2,1H3. The molecule has 0 spiro atoms. The van der Waals surface area contributed by atoms with Gasteiger partial charge in [0.15, 0.2) is 0 Å². The molecule has 1 unspecified atom stereocenters. The predicted octanol–water partition coefficient (Wildman–Crippen LogP) is 1.86. The number of hydrogen-bond acceptors (Lipinski definition) is 2. The van der Waals surface area contributed by atoms with Crippen LogP contribution in [0.5, 0.6) is 0 Å². The van der Waals surface area contributed by atoms with Crippen molar-refractivity contribution in [3.05, 3.63) is 0 Å². The first-order valence-electron chi connectivity index (χ1n) is 6.35. The maximum atomic E-state index is 11.8. The third-order valence-corrected chi connectivity index (χ3v) is 4.20. The maximum Gasteiger partial charge on any atom is 0.236 e. The molecule has 0 aromatic heterocycles. The summed E-state index contributed by atoms with van der Waals surface area (Å²) in [6.45, 7) is 5.86. The normalized spacial score (nSPS) is 26.0. The summed E-state index contributed by atoms with van der Waals surface area (Å²) < 4.78 is 0. The third-order valence-electron chi connectivity index (χ3n) is 3.81. The molecule has 2 aliphatic rings. The van der Waals surface area contributed by atoms with Crippen LogP contribution in [0.4, 0.5) is 0 Å². The number of carbonyl (C=O) groups is 1. The largest absolute Gasteiger partial charge is 0.339 e. The van der Waals surface area contributed by atoms with Gasteiger partial charge in [0, 0.05) is 32.2 Å². The van der Waals surface area contributed by atoms with E-state index in [0.29, 0.717) is 0 Å². The number of piperazine rings is 1. The molecular formula is C12H21BrN2O. The average molecular weight is 289 g/mol. The van der Waals surface area contributed by atoms with E-state index in [1.54, 1.807) is 0 Å². The number of hydrogen-bond donors (Lipinski definition) is 0. The molecule has 1 atom stereocenters. The Balaban J connectivity index is 1.80. The minimum absolute atomic E-state index is 0.0365. The zero-order valence-electron chi connectivity index (χ0n) is 9.99. The van der Waals surface area contributed by atoms with E-state index in [1.165, 1.54) is 25.7 Å². The van der Waals surface area contributed by atoms with Crippen LogP contribution in [-0.4, -0.2) is 52.8 Å². The molecule has 92 valence electrons. The minimum atomic E-state index is -0.0365. The molecule has 1 heterocycles. The quantitative estimate of drug-likeness (QED) is 0.724. The zero-order chi connectivity index (χ0) is 11.5. The van der Waals surface area contributed by atoms with Crippen LogP contribution in [0.25, 0.3) is 0 Å². The van der Waals surface area contributed by atoms with Gasteiger partial charge in [0.1, 0.15) is 0 Å². The Kier molecular flexibility index (Phi) is 4.25. The van der Waals surface area contributed by atoms with Crippen molar-refractivity contribution in [1.29, 1.82) is 0 Å². The van der Waals surface area contributed by atoms with Gasteiger partial charge in [-0.05, 0) is 19.8 Å². The number of carbonyl (C=O) groups excluding carboxylic acids is 1. The first kappa shape index (κ1) is 12.4. The van der Waals surface area contributed by atoms with Crippen molar-refractivity contribution in [2.24, 2.45) is 0 Å². The van der Waals surface area contributed by atoms with E-state index in [-0.39, 0.29) is 10.7 Å². The second-order valence-electron chi connectivity index (χ2n) is 4.92. The summed E-state index contributed by atoms with van der Waals surface area (Å²) in [6.07, 6.45) is 5.51. The first-order valence-corrected chi connectivity index (χ1v) is 7.27. The van der Waals surface area contributed by atoms with E-state index < -0.39 is 0 Å². The second kappa shape index (κ2) is 5.50. The Labute approximate surface area is 106 Å². The van der Waals surface area contributed by atoms with Gasteiger partial charge in [0.2, 0.25) is 5.91 Å². The number of amides is 1. The van der Waals surface area contributed by atoms with Crippen molar-refractivity contribution in [3.8, 4) is 0 Å². The predicted molar refractivity (Wildman–Crippen MR) is 68.8 cm³/mol. The third kappa shape index (κ3) is 2.77. The van der Waals surface area contributed by atoms with Crippen molar-refractivity contribution in [2.45, 2.75) is 43.5 Å². The van der Waals surface area contributed by atoms with Gasteiger partial charge in [0.05, 0.1) is 4.83 Å². The topological polar surface area (TPSA) is 23.6 Å². The van der Waals surface area contributed by atoms with Gasteiger partial charge in [-0.25, -0.2) is 0 Å². The molecule has 0 bridgehead atoms. The Morgan fingerprint density at radius 1 is 1.19 bits per heavy atom. The van der Waals surface area contributed by atoms with Crippen LogP contribution in [0, 0.1) is 0 Å². The molecule has 0 radical (unpaired) electrons. The zero-order valence-corrected chi connectivity index (χ0v) is 11.6. The van der Waals surface area contributed by atoms with Crippen LogP contribution >= 0.6 is 15.9 Å². The fourth-order valence-corrected chi connectivity index (χ4v) is 3.12. The molecule has 2 fully saturated rings. The fourth-order valence-electron chi connectivity index (χ4n) is 2.83. The van der Waals surface area contributed by atoms with Gasteiger partial charge < -0.3 is 4.90 Å². The van der Waals surface area contributed by atoms with Crippen molar-refractivity contribution < 1.29 is 4.79 Å². The van der Waals surface area contributed by atoms with Crippen LogP contribution in [0.3, 0.4) is 0 Å². The lowest BCUT2D eigenvalue weighted by Gasteiger charge is -2.38. The van der Waals surface area contributed by atoms with Crippen LogP contribution < -0.4 is 0 Å². The summed E-state index contributed by atoms with van der Waals surface area (Å²) in [5.41, 5.74) is 0. The van der Waals surface area contributed by atoms with Crippen molar-refractivity contribution in [2.75, 3.05) is 26.2 Å². The Morgan fingerprint density at radius 2 is 1.75 bits per heavy atom. The highest BCUT2D eigenvalue weighted by Gasteiger charge is 2.28. The van der Waals surface area contributed by atoms with E-state index in [2.05, 4.69) is 20.8 Å². The van der Waals surface area contributed by atoms with Crippen LogP contribution in [0.15, 0.2) is 0 Å². The SMILES string of the molecule is CC(Br)C(=O)N1CCN(C2CCCC2)CC1. The van der Waals surface area contributed by atoms with Gasteiger partial charge in [-0.3, -0.25) is 9.69 Å². The number of rotatable bonds is 2. The van der Waals surface area contributed by atoms with E-state index in [0.717, 1.165) is 32.2 Å². The highest BCUT2D eigenvalue weighted by atomic mass is 79.9. The molecule has 1 aliphatic carbocycles. The summed E-state index contributed by atoms with van der Waals surface area (Å²) in [7, 11) is 0. The smallest absolute Gasteiger partial charge is 0.236 e. The van der Waals surface area contributed by atoms with Crippen molar-refractivity contribution in [3.63, 3.8) is 0 Å². The summed E-state index contributed by atoms with van der Waals surface area (Å²) in [6, 6.07) is 0.804. The van der Waals surface area contributed by atoms with Crippen LogP contribution in [-0.2, 0) is 4.79 Å². The molecule has 3 nitrogen and oxygen atoms in total. The molecule has 1 amide bonds. The average Bonchev–Trinajstić information content (AvgIpc) is 2.81. The molecule has 1 aliphatic heterocycles. The number of nitrogens with zero attached hydrogens (tertiary/aromatic N) is 2. The number of halogens is 1. The number of alkyl halides is 1. The molecule has 4 heteroatoms. The fraction of sp³-hybridized carbons (Fsp3) is 0.917. The molecule has 1 saturated heterocycles. The maximum absolute atomic E-state index is 11.8. The lowest BCUT2D eigenvalue weighted by molar-refractivity contribution is -0.132. The highest BCUT2D eigenvalue weighted by Crippen LogP contribution is 2.24. The van der Waals surface area contributed by atoms with Crippen molar-refractivity contribution >= 4 is 21.8 Å². The van der Waals surface area contributed by atoms with Crippen LogP contribution in [0.2, 0.25) is 0 Å². The Bertz CT molecular complexity index is 243. The minimum Gasteiger partial charge on any atom is -0.339 e. The van der Waals surface area contributed by atoms with Gasteiger partial charge in [0.25, 0.3) is 0 Å². The lowest BCUT2D eigenvalue weighted by Crippen LogP contribution is -2.52. The molecule has 1 saturated carbocycles. The van der Waals surface area contributed by atoms with E-state index in [4.69, 9.17) is 0 Å². The molecular weight excluding hydrogens is 268 g/mol. The second-order valence-corrected chi connectivity index (χ2v) is 6.29. The lowest BCUT2D eigenvalue weighted by atomic mass is 10.2. The van der Waals surface area contributed by atoms with Gasteiger partial charge in [-0.15, -0.1) is 0 Å². The molecule has 0 aromatic rings. The van der Waals surface area contributed by atoms with E-state index in [1.807, 2.05) is 11.8 Å². The summed E-state index contributed by atoms with van der Waals surface area (Å²) >= 11 is 3.35.